The highest BCUT2D eigenvalue weighted by atomic mass is 35.5. The number of nitrogens with zero attached hydrogens (tertiary/aromatic N) is 4. The van der Waals surface area contributed by atoms with Gasteiger partial charge in [0.2, 0.25) is 11.8 Å². The second-order valence-corrected chi connectivity index (χ2v) is 9.26. The summed E-state index contributed by atoms with van der Waals surface area (Å²) < 4.78 is 6.90. The predicted molar refractivity (Wildman–Crippen MR) is 130 cm³/mol. The molecule has 2 aromatic rings. The molecule has 34 heavy (non-hydrogen) atoms. The van der Waals surface area contributed by atoms with E-state index in [4.69, 9.17) is 16.3 Å². The van der Waals surface area contributed by atoms with Crippen LogP contribution in [0.2, 0.25) is 5.02 Å². The van der Waals surface area contributed by atoms with Crippen molar-refractivity contribution in [2.75, 3.05) is 33.3 Å². The maximum absolute atomic E-state index is 13.0. The maximum Gasteiger partial charge on any atom is 0.310 e. The van der Waals surface area contributed by atoms with Crippen LogP contribution in [0.15, 0.2) is 18.2 Å². The number of aromatic nitrogens is 2. The highest BCUT2D eigenvalue weighted by Gasteiger charge is 2.30. The van der Waals surface area contributed by atoms with Crippen LogP contribution in [0.1, 0.15) is 42.3 Å². The first kappa shape index (κ1) is 25.7. The van der Waals surface area contributed by atoms with E-state index in [1.165, 1.54) is 4.90 Å². The first-order chi connectivity index (χ1) is 16.1. The van der Waals surface area contributed by atoms with Crippen LogP contribution in [0.25, 0.3) is 5.69 Å². The molecule has 1 atom stereocenters. The Morgan fingerprint density at radius 3 is 2.65 bits per heavy atom. The number of esters is 1. The minimum absolute atomic E-state index is 0.0336. The molecule has 1 aromatic heterocycles. The summed E-state index contributed by atoms with van der Waals surface area (Å²) >= 11 is 6.28. The lowest BCUT2D eigenvalue weighted by atomic mass is 9.98. The Morgan fingerprint density at radius 1 is 1.24 bits per heavy atom. The Balaban J connectivity index is 1.64. The average Bonchev–Trinajstić information content (AvgIpc) is 3.09. The summed E-state index contributed by atoms with van der Waals surface area (Å²) in [6, 6.07) is 5.74. The van der Waals surface area contributed by atoms with Crippen molar-refractivity contribution in [2.24, 2.45) is 5.92 Å². The summed E-state index contributed by atoms with van der Waals surface area (Å²) in [7, 11) is 1.63. The molecule has 0 bridgehead atoms. The second-order valence-electron chi connectivity index (χ2n) is 8.85. The van der Waals surface area contributed by atoms with Gasteiger partial charge in [0.25, 0.3) is 0 Å². The number of rotatable bonds is 7. The zero-order valence-corrected chi connectivity index (χ0v) is 21.3. The molecule has 1 aliphatic heterocycles. The molecule has 1 aromatic carbocycles. The van der Waals surface area contributed by atoms with E-state index in [9.17, 15) is 14.4 Å². The van der Waals surface area contributed by atoms with Crippen LogP contribution in [0.5, 0.6) is 0 Å². The molecule has 2 amide bonds. The third kappa shape index (κ3) is 5.78. The van der Waals surface area contributed by atoms with Crippen LogP contribution in [-0.4, -0.2) is 70.7 Å². The van der Waals surface area contributed by atoms with Crippen LogP contribution in [0.3, 0.4) is 0 Å². The molecular formula is C25H33ClN4O4. The van der Waals surface area contributed by atoms with Gasteiger partial charge < -0.3 is 14.5 Å². The van der Waals surface area contributed by atoms with Gasteiger partial charge in [-0.25, -0.2) is 4.68 Å². The number of carbonyl (C=O) groups excluding carboxylic acids is 3. The minimum atomic E-state index is -0.301. The van der Waals surface area contributed by atoms with Gasteiger partial charge in [-0.3, -0.25) is 14.4 Å². The maximum atomic E-state index is 13.0. The lowest BCUT2D eigenvalue weighted by Crippen LogP contribution is -2.47. The van der Waals surface area contributed by atoms with Gasteiger partial charge in [-0.15, -0.1) is 0 Å². The van der Waals surface area contributed by atoms with Crippen molar-refractivity contribution in [1.29, 1.82) is 0 Å². The number of likely N-dealkylation sites (tertiary alicyclic amines) is 1. The number of halogens is 1. The van der Waals surface area contributed by atoms with Crippen molar-refractivity contribution in [3.8, 4) is 5.69 Å². The summed E-state index contributed by atoms with van der Waals surface area (Å²) in [5.74, 6) is -0.893. The highest BCUT2D eigenvalue weighted by molar-refractivity contribution is 6.31. The first-order valence-corrected chi connectivity index (χ1v) is 12.0. The molecule has 2 heterocycles. The van der Waals surface area contributed by atoms with Gasteiger partial charge in [0.15, 0.2) is 0 Å². The number of carbonyl (C=O) groups is 3. The van der Waals surface area contributed by atoms with E-state index in [2.05, 4.69) is 5.10 Å². The van der Waals surface area contributed by atoms with Crippen molar-refractivity contribution in [3.05, 3.63) is 45.7 Å². The van der Waals surface area contributed by atoms with E-state index in [1.54, 1.807) is 23.6 Å². The SMILES string of the molecule is CCOC(=O)C1CCCN(C(=O)CN(C)C(=O)Cc2c(C)nn(-c3ccc(C)c(Cl)c3)c2C)C1. The van der Waals surface area contributed by atoms with Crippen LogP contribution in [0.4, 0.5) is 0 Å². The van der Waals surface area contributed by atoms with Crippen LogP contribution in [0, 0.1) is 26.7 Å². The molecule has 0 radical (unpaired) electrons. The molecule has 3 rings (SSSR count). The number of piperidine rings is 1. The average molecular weight is 489 g/mol. The molecule has 1 aliphatic rings. The summed E-state index contributed by atoms with van der Waals surface area (Å²) in [5.41, 5.74) is 4.27. The Morgan fingerprint density at radius 2 is 1.97 bits per heavy atom. The van der Waals surface area contributed by atoms with E-state index in [1.807, 2.05) is 39.0 Å². The molecule has 1 saturated heterocycles. The molecule has 9 heteroatoms. The third-order valence-electron chi connectivity index (χ3n) is 6.36. The Hall–Kier alpha value is -2.87. The molecule has 0 aliphatic carbocycles. The fourth-order valence-corrected chi connectivity index (χ4v) is 4.40. The molecule has 0 N–H and O–H groups in total. The van der Waals surface area contributed by atoms with Crippen molar-refractivity contribution in [1.82, 2.24) is 19.6 Å². The van der Waals surface area contributed by atoms with Crippen LogP contribution in [-0.2, 0) is 25.5 Å². The van der Waals surface area contributed by atoms with E-state index < -0.39 is 0 Å². The number of amides is 2. The van der Waals surface area contributed by atoms with Crippen molar-refractivity contribution < 1.29 is 19.1 Å². The van der Waals surface area contributed by atoms with E-state index >= 15 is 0 Å². The number of aryl methyl sites for hydroxylation is 2. The Kier molecular flexibility index (Phi) is 8.36. The van der Waals surface area contributed by atoms with Gasteiger partial charge in [0, 0.05) is 36.4 Å². The topological polar surface area (TPSA) is 84.7 Å². The molecular weight excluding hydrogens is 456 g/mol. The standard InChI is InChI=1S/C25H33ClN4O4/c1-6-34-25(33)19-8-7-11-29(14-19)24(32)15-28(5)23(31)13-21-17(3)27-30(18(21)4)20-10-9-16(2)22(26)12-20/h9-10,12,19H,6-8,11,13-15H2,1-5H3. The minimum Gasteiger partial charge on any atom is -0.466 e. The van der Waals surface area contributed by atoms with Crippen molar-refractivity contribution in [3.63, 3.8) is 0 Å². The van der Waals surface area contributed by atoms with Gasteiger partial charge in [-0.2, -0.15) is 5.10 Å². The molecule has 1 fully saturated rings. The van der Waals surface area contributed by atoms with Gasteiger partial charge >= 0.3 is 5.97 Å². The predicted octanol–water partition coefficient (Wildman–Crippen LogP) is 3.25. The number of hydrogen-bond donors (Lipinski definition) is 0. The molecule has 184 valence electrons. The van der Waals surface area contributed by atoms with Gasteiger partial charge in [-0.1, -0.05) is 17.7 Å². The lowest BCUT2D eigenvalue weighted by Gasteiger charge is -2.32. The van der Waals surface area contributed by atoms with Crippen LogP contribution >= 0.6 is 11.6 Å². The summed E-state index contributed by atoms with van der Waals surface area (Å²) in [5, 5.41) is 5.26. The van der Waals surface area contributed by atoms with E-state index in [0.717, 1.165) is 34.6 Å². The number of ether oxygens (including phenoxy) is 1. The zero-order valence-electron chi connectivity index (χ0n) is 20.6. The lowest BCUT2D eigenvalue weighted by molar-refractivity contribution is -0.152. The van der Waals surface area contributed by atoms with Crippen molar-refractivity contribution >= 4 is 29.4 Å². The molecule has 1 unspecified atom stereocenters. The first-order valence-electron chi connectivity index (χ1n) is 11.6. The van der Waals surface area contributed by atoms with Crippen molar-refractivity contribution in [2.45, 2.75) is 47.0 Å². The fraction of sp³-hybridized carbons (Fsp3) is 0.520. The van der Waals surface area contributed by atoms with Crippen LogP contribution < -0.4 is 0 Å². The monoisotopic (exact) mass is 488 g/mol. The normalized spacial score (nSPS) is 15.8. The van der Waals surface area contributed by atoms with E-state index in [-0.39, 0.29) is 36.7 Å². The van der Waals surface area contributed by atoms with Gasteiger partial charge in [0.05, 0.1) is 36.9 Å². The Labute approximate surface area is 205 Å². The van der Waals surface area contributed by atoms with Gasteiger partial charge in [0.1, 0.15) is 0 Å². The quantitative estimate of drug-likeness (QED) is 0.558. The smallest absolute Gasteiger partial charge is 0.310 e. The second kappa shape index (κ2) is 11.0. The molecule has 0 spiro atoms. The zero-order chi connectivity index (χ0) is 25.0. The fourth-order valence-electron chi connectivity index (χ4n) is 4.23. The third-order valence-corrected chi connectivity index (χ3v) is 6.77. The summed E-state index contributed by atoms with van der Waals surface area (Å²) in [6.07, 6.45) is 1.60. The number of hydrogen-bond acceptors (Lipinski definition) is 5. The highest BCUT2D eigenvalue weighted by Crippen LogP contribution is 2.23. The molecule has 0 saturated carbocycles. The Bertz CT molecular complexity index is 1080. The van der Waals surface area contributed by atoms with E-state index in [0.29, 0.717) is 31.1 Å². The van der Waals surface area contributed by atoms with Gasteiger partial charge in [-0.05, 0) is 58.2 Å². The molecule has 8 nitrogen and oxygen atoms in total. The summed E-state index contributed by atoms with van der Waals surface area (Å²) in [4.78, 5) is 40.9. The number of benzene rings is 1. The summed E-state index contributed by atoms with van der Waals surface area (Å²) in [6.45, 7) is 8.72. The largest absolute Gasteiger partial charge is 0.466 e. The number of likely N-dealkylation sites (N-methyl/N-ethyl adjacent to an activating group) is 1.